The summed E-state index contributed by atoms with van der Waals surface area (Å²) < 4.78 is 10.7. The fourth-order valence-corrected chi connectivity index (χ4v) is 2.19. The van der Waals surface area contributed by atoms with Crippen LogP contribution in [0.1, 0.15) is 39.0 Å². The Morgan fingerprint density at radius 1 is 1.44 bits per heavy atom. The van der Waals surface area contributed by atoms with Gasteiger partial charge in [-0.2, -0.15) is 0 Å². The van der Waals surface area contributed by atoms with Crippen LogP contribution in [0.25, 0.3) is 0 Å². The first-order chi connectivity index (χ1) is 8.65. The largest absolute Gasteiger partial charge is 0.385 e. The van der Waals surface area contributed by atoms with Crippen molar-refractivity contribution in [1.29, 1.82) is 0 Å². The molecule has 1 amide bonds. The molecule has 0 aromatic carbocycles. The van der Waals surface area contributed by atoms with Crippen molar-refractivity contribution < 1.29 is 14.3 Å². The molecule has 3 unspecified atom stereocenters. The summed E-state index contributed by atoms with van der Waals surface area (Å²) in [7, 11) is 1.65. The highest BCUT2D eigenvalue weighted by Crippen LogP contribution is 2.20. The molecule has 0 aromatic heterocycles. The predicted octanol–water partition coefficient (Wildman–Crippen LogP) is 0.814. The minimum Gasteiger partial charge on any atom is -0.385 e. The highest BCUT2D eigenvalue weighted by atomic mass is 16.5. The lowest BCUT2D eigenvalue weighted by molar-refractivity contribution is -0.137. The predicted molar refractivity (Wildman–Crippen MR) is 70.3 cm³/mol. The molecule has 1 rings (SSSR count). The van der Waals surface area contributed by atoms with E-state index < -0.39 is 6.10 Å². The molecule has 0 aromatic rings. The van der Waals surface area contributed by atoms with Gasteiger partial charge in [-0.25, -0.2) is 0 Å². The smallest absolute Gasteiger partial charge is 0.248 e. The number of carbonyl (C=O) groups is 1. The van der Waals surface area contributed by atoms with Crippen LogP contribution in [0.15, 0.2) is 0 Å². The van der Waals surface area contributed by atoms with Crippen molar-refractivity contribution in [3.05, 3.63) is 0 Å². The van der Waals surface area contributed by atoms with E-state index in [9.17, 15) is 4.79 Å². The fourth-order valence-electron chi connectivity index (χ4n) is 2.19. The number of hydrogen-bond donors (Lipinski definition) is 2. The lowest BCUT2D eigenvalue weighted by Gasteiger charge is -2.30. The number of amides is 1. The molecule has 0 bridgehead atoms. The monoisotopic (exact) mass is 258 g/mol. The maximum absolute atomic E-state index is 11.8. The van der Waals surface area contributed by atoms with E-state index in [-0.39, 0.29) is 18.1 Å². The average Bonchev–Trinajstić information content (AvgIpc) is 2.37. The Bertz CT molecular complexity index is 248. The number of nitrogens with one attached hydrogen (secondary N) is 1. The third kappa shape index (κ3) is 5.33. The van der Waals surface area contributed by atoms with E-state index in [0.29, 0.717) is 13.2 Å². The van der Waals surface area contributed by atoms with Gasteiger partial charge in [-0.05, 0) is 26.2 Å². The summed E-state index contributed by atoms with van der Waals surface area (Å²) in [5, 5.41) is 2.84. The van der Waals surface area contributed by atoms with Crippen molar-refractivity contribution in [3.8, 4) is 0 Å². The first-order valence-electron chi connectivity index (χ1n) is 6.83. The summed E-state index contributed by atoms with van der Waals surface area (Å²) in [5.74, 6) is -0.0659. The van der Waals surface area contributed by atoms with E-state index in [2.05, 4.69) is 5.32 Å². The highest BCUT2D eigenvalue weighted by Gasteiger charge is 2.26. The van der Waals surface area contributed by atoms with Crippen LogP contribution in [0.5, 0.6) is 0 Å². The fraction of sp³-hybridized carbons (Fsp3) is 0.923. The van der Waals surface area contributed by atoms with Crippen LogP contribution in [-0.4, -0.2) is 44.4 Å². The average molecular weight is 258 g/mol. The Labute approximate surface area is 109 Å². The highest BCUT2D eigenvalue weighted by molar-refractivity contribution is 5.80. The van der Waals surface area contributed by atoms with Gasteiger partial charge in [0.1, 0.15) is 6.10 Å². The van der Waals surface area contributed by atoms with Gasteiger partial charge in [0.2, 0.25) is 5.91 Å². The molecule has 3 atom stereocenters. The van der Waals surface area contributed by atoms with Crippen LogP contribution in [0, 0.1) is 0 Å². The van der Waals surface area contributed by atoms with E-state index in [1.165, 1.54) is 6.42 Å². The van der Waals surface area contributed by atoms with Crippen molar-refractivity contribution in [2.24, 2.45) is 5.73 Å². The van der Waals surface area contributed by atoms with E-state index in [4.69, 9.17) is 15.2 Å². The van der Waals surface area contributed by atoms with Crippen LogP contribution in [0.2, 0.25) is 0 Å². The summed E-state index contributed by atoms with van der Waals surface area (Å²) in [6.07, 6.45) is 4.67. The van der Waals surface area contributed by atoms with Crippen molar-refractivity contribution in [1.82, 2.24) is 5.32 Å². The zero-order valence-electron chi connectivity index (χ0n) is 11.5. The van der Waals surface area contributed by atoms with Gasteiger partial charge in [0.25, 0.3) is 0 Å². The van der Waals surface area contributed by atoms with Crippen molar-refractivity contribution >= 4 is 5.91 Å². The summed E-state index contributed by atoms with van der Waals surface area (Å²) in [4.78, 5) is 11.8. The lowest BCUT2D eigenvalue weighted by atomic mass is 9.93. The van der Waals surface area contributed by atoms with Crippen molar-refractivity contribution in [3.63, 3.8) is 0 Å². The number of methoxy groups -OCH3 is 1. The Hall–Kier alpha value is -0.650. The van der Waals surface area contributed by atoms with E-state index in [0.717, 1.165) is 25.7 Å². The lowest BCUT2D eigenvalue weighted by Crippen LogP contribution is -2.45. The number of nitrogens with two attached hydrogens (primary N) is 1. The molecule has 1 aliphatic rings. The van der Waals surface area contributed by atoms with E-state index >= 15 is 0 Å². The second-order valence-electron chi connectivity index (χ2n) is 4.90. The minimum absolute atomic E-state index is 0.0264. The number of rotatable bonds is 7. The molecule has 0 saturated heterocycles. The zero-order valence-corrected chi connectivity index (χ0v) is 11.5. The zero-order chi connectivity index (χ0) is 13.4. The molecular formula is C13H26N2O3. The normalized spacial score (nSPS) is 25.7. The van der Waals surface area contributed by atoms with Crippen molar-refractivity contribution in [2.75, 3.05) is 20.3 Å². The number of ether oxygens (including phenoxy) is 2. The Kier molecular flexibility index (Phi) is 7.23. The molecule has 1 saturated carbocycles. The number of carbonyl (C=O) groups excluding carboxylic acids is 1. The number of hydrogen-bond acceptors (Lipinski definition) is 4. The van der Waals surface area contributed by atoms with Crippen molar-refractivity contribution in [2.45, 2.75) is 57.3 Å². The van der Waals surface area contributed by atoms with Gasteiger partial charge in [-0.15, -0.1) is 0 Å². The second kappa shape index (κ2) is 8.45. The molecule has 106 valence electrons. The molecule has 5 heteroatoms. The minimum atomic E-state index is -0.429. The maximum atomic E-state index is 11.8. The summed E-state index contributed by atoms with van der Waals surface area (Å²) in [6.45, 7) is 3.06. The molecule has 1 aliphatic carbocycles. The Morgan fingerprint density at radius 3 is 2.83 bits per heavy atom. The summed E-state index contributed by atoms with van der Waals surface area (Å²) >= 11 is 0. The van der Waals surface area contributed by atoms with E-state index in [1.54, 1.807) is 14.0 Å². The third-order valence-corrected chi connectivity index (χ3v) is 3.33. The van der Waals surface area contributed by atoms with Gasteiger partial charge < -0.3 is 20.5 Å². The maximum Gasteiger partial charge on any atom is 0.248 e. The SMILES string of the molecule is COCCCNC(=O)C(C)OC1CCCCC1N. The van der Waals surface area contributed by atoms with Gasteiger partial charge in [0.15, 0.2) is 0 Å². The van der Waals surface area contributed by atoms with Crippen LogP contribution in [0.4, 0.5) is 0 Å². The molecule has 0 aliphatic heterocycles. The Morgan fingerprint density at radius 2 is 2.17 bits per heavy atom. The van der Waals surface area contributed by atoms with Crippen LogP contribution in [0.3, 0.4) is 0 Å². The van der Waals surface area contributed by atoms with Gasteiger partial charge in [0.05, 0.1) is 6.10 Å². The van der Waals surface area contributed by atoms with Gasteiger partial charge in [-0.1, -0.05) is 12.8 Å². The quantitative estimate of drug-likeness (QED) is 0.663. The van der Waals surface area contributed by atoms with Gasteiger partial charge in [0, 0.05) is 26.3 Å². The van der Waals surface area contributed by atoms with Crippen LogP contribution < -0.4 is 11.1 Å². The van der Waals surface area contributed by atoms with Gasteiger partial charge >= 0.3 is 0 Å². The third-order valence-electron chi connectivity index (χ3n) is 3.33. The molecule has 18 heavy (non-hydrogen) atoms. The van der Waals surface area contributed by atoms with Crippen LogP contribution in [-0.2, 0) is 14.3 Å². The Balaban J connectivity index is 2.21. The molecule has 0 spiro atoms. The standard InChI is InChI=1S/C13H26N2O3/c1-10(13(16)15-8-5-9-17-2)18-12-7-4-3-6-11(12)14/h10-12H,3-9,14H2,1-2H3,(H,15,16). The van der Waals surface area contributed by atoms with Gasteiger partial charge in [-0.3, -0.25) is 4.79 Å². The molecule has 3 N–H and O–H groups in total. The van der Waals surface area contributed by atoms with Crippen LogP contribution >= 0.6 is 0 Å². The first kappa shape index (κ1) is 15.4. The summed E-state index contributed by atoms with van der Waals surface area (Å²) in [6, 6.07) is 0.0718. The topological polar surface area (TPSA) is 73.6 Å². The first-order valence-corrected chi connectivity index (χ1v) is 6.83. The second-order valence-corrected chi connectivity index (χ2v) is 4.90. The molecule has 1 fully saturated rings. The van der Waals surface area contributed by atoms with E-state index in [1.807, 2.05) is 0 Å². The summed E-state index contributed by atoms with van der Waals surface area (Å²) in [5.41, 5.74) is 5.99. The molecule has 5 nitrogen and oxygen atoms in total. The molecular weight excluding hydrogens is 232 g/mol. The molecule has 0 heterocycles. The molecule has 0 radical (unpaired) electrons.